The summed E-state index contributed by atoms with van der Waals surface area (Å²) in [5.74, 6) is 0.562. The SMILES string of the molecule is CC(C)C(CN(C)C)n1cncc1C1CNCCO1. The Balaban J connectivity index is 2.20. The minimum atomic E-state index is 0.125. The first-order valence-corrected chi connectivity index (χ1v) is 7.08. The molecule has 19 heavy (non-hydrogen) atoms. The molecule has 5 nitrogen and oxygen atoms in total. The molecule has 0 aromatic carbocycles. The molecular formula is C14H26N4O. The van der Waals surface area contributed by atoms with Crippen molar-refractivity contribution in [1.29, 1.82) is 0 Å². The number of ether oxygens (including phenoxy) is 1. The molecule has 0 spiro atoms. The maximum absolute atomic E-state index is 5.86. The third-order valence-corrected chi connectivity index (χ3v) is 3.63. The molecule has 1 aliphatic rings. The van der Waals surface area contributed by atoms with Crippen LogP contribution in [0, 0.1) is 5.92 Å². The summed E-state index contributed by atoms with van der Waals surface area (Å²) in [4.78, 5) is 6.58. The highest BCUT2D eigenvalue weighted by atomic mass is 16.5. The summed E-state index contributed by atoms with van der Waals surface area (Å²) < 4.78 is 8.15. The summed E-state index contributed by atoms with van der Waals surface area (Å²) in [6.07, 6.45) is 4.02. The van der Waals surface area contributed by atoms with Gasteiger partial charge in [0.1, 0.15) is 6.10 Å². The predicted octanol–water partition coefficient (Wildman–Crippen LogP) is 1.30. The van der Waals surface area contributed by atoms with Crippen LogP contribution in [0.2, 0.25) is 0 Å². The zero-order valence-electron chi connectivity index (χ0n) is 12.5. The summed E-state index contributed by atoms with van der Waals surface area (Å²) in [5.41, 5.74) is 1.19. The molecule has 2 atom stereocenters. The third kappa shape index (κ3) is 3.55. The van der Waals surface area contributed by atoms with Gasteiger partial charge in [-0.25, -0.2) is 4.98 Å². The van der Waals surface area contributed by atoms with E-state index >= 15 is 0 Å². The molecule has 2 rings (SSSR count). The lowest BCUT2D eigenvalue weighted by molar-refractivity contribution is 0.0209. The average molecular weight is 266 g/mol. The van der Waals surface area contributed by atoms with Crippen molar-refractivity contribution in [2.24, 2.45) is 5.92 Å². The minimum Gasteiger partial charge on any atom is -0.369 e. The van der Waals surface area contributed by atoms with Crippen molar-refractivity contribution in [3.63, 3.8) is 0 Å². The van der Waals surface area contributed by atoms with Crippen molar-refractivity contribution in [3.8, 4) is 0 Å². The van der Waals surface area contributed by atoms with Crippen LogP contribution in [0.5, 0.6) is 0 Å². The van der Waals surface area contributed by atoms with Crippen molar-refractivity contribution in [3.05, 3.63) is 18.2 Å². The molecule has 5 heteroatoms. The van der Waals surface area contributed by atoms with E-state index in [0.717, 1.165) is 26.2 Å². The number of imidazole rings is 1. The molecule has 0 radical (unpaired) electrons. The first-order valence-electron chi connectivity index (χ1n) is 7.08. The zero-order valence-corrected chi connectivity index (χ0v) is 12.5. The molecule has 1 aliphatic heterocycles. The second-order valence-electron chi connectivity index (χ2n) is 5.86. The van der Waals surface area contributed by atoms with Crippen molar-refractivity contribution >= 4 is 0 Å². The Morgan fingerprint density at radius 3 is 2.89 bits per heavy atom. The number of nitrogens with zero attached hydrogens (tertiary/aromatic N) is 3. The largest absolute Gasteiger partial charge is 0.369 e. The number of aromatic nitrogens is 2. The van der Waals surface area contributed by atoms with Gasteiger partial charge in [0.15, 0.2) is 0 Å². The highest BCUT2D eigenvalue weighted by Crippen LogP contribution is 2.26. The molecule has 1 N–H and O–H groups in total. The van der Waals surface area contributed by atoms with Gasteiger partial charge in [-0.05, 0) is 20.0 Å². The summed E-state index contributed by atoms with van der Waals surface area (Å²) in [6.45, 7) is 8.13. The Morgan fingerprint density at radius 1 is 1.53 bits per heavy atom. The molecule has 0 bridgehead atoms. The first-order chi connectivity index (χ1) is 9.09. The summed E-state index contributed by atoms with van der Waals surface area (Å²) in [7, 11) is 4.23. The maximum atomic E-state index is 5.86. The van der Waals surface area contributed by atoms with Gasteiger partial charge in [0.2, 0.25) is 0 Å². The topological polar surface area (TPSA) is 42.3 Å². The van der Waals surface area contributed by atoms with Crippen LogP contribution in [-0.4, -0.2) is 54.8 Å². The van der Waals surface area contributed by atoms with E-state index in [9.17, 15) is 0 Å². The van der Waals surface area contributed by atoms with Crippen LogP contribution >= 0.6 is 0 Å². The van der Waals surface area contributed by atoms with Gasteiger partial charge in [-0.15, -0.1) is 0 Å². The number of rotatable bonds is 5. The van der Waals surface area contributed by atoms with Gasteiger partial charge < -0.3 is 19.5 Å². The van der Waals surface area contributed by atoms with Gasteiger partial charge in [-0.2, -0.15) is 0 Å². The number of hydrogen-bond acceptors (Lipinski definition) is 4. The van der Waals surface area contributed by atoms with Crippen LogP contribution < -0.4 is 5.32 Å². The van der Waals surface area contributed by atoms with Gasteiger partial charge >= 0.3 is 0 Å². The fraction of sp³-hybridized carbons (Fsp3) is 0.786. The number of likely N-dealkylation sites (N-methyl/N-ethyl adjacent to an activating group) is 1. The van der Waals surface area contributed by atoms with Gasteiger partial charge in [0.05, 0.1) is 24.8 Å². The maximum Gasteiger partial charge on any atom is 0.111 e. The van der Waals surface area contributed by atoms with E-state index in [1.807, 2.05) is 12.5 Å². The minimum absolute atomic E-state index is 0.125. The summed E-state index contributed by atoms with van der Waals surface area (Å²) in [5, 5.41) is 3.38. The van der Waals surface area contributed by atoms with E-state index in [0.29, 0.717) is 12.0 Å². The highest BCUT2D eigenvalue weighted by Gasteiger charge is 2.24. The van der Waals surface area contributed by atoms with Crippen LogP contribution in [0.3, 0.4) is 0 Å². The number of nitrogens with one attached hydrogen (secondary N) is 1. The molecular weight excluding hydrogens is 240 g/mol. The van der Waals surface area contributed by atoms with E-state index in [-0.39, 0.29) is 6.10 Å². The lowest BCUT2D eigenvalue weighted by atomic mass is 10.0. The average Bonchev–Trinajstić information content (AvgIpc) is 2.85. The van der Waals surface area contributed by atoms with Crippen molar-refractivity contribution in [2.75, 3.05) is 40.3 Å². The predicted molar refractivity (Wildman–Crippen MR) is 76.2 cm³/mol. The Hall–Kier alpha value is -0.910. The monoisotopic (exact) mass is 266 g/mol. The van der Waals surface area contributed by atoms with Crippen LogP contribution in [-0.2, 0) is 4.74 Å². The second-order valence-corrected chi connectivity index (χ2v) is 5.86. The second kappa shape index (κ2) is 6.50. The molecule has 1 aromatic heterocycles. The molecule has 1 aromatic rings. The van der Waals surface area contributed by atoms with Crippen molar-refractivity contribution < 1.29 is 4.74 Å². The van der Waals surface area contributed by atoms with Crippen LogP contribution in [0.4, 0.5) is 0 Å². The normalized spacial score (nSPS) is 22.1. The fourth-order valence-corrected chi connectivity index (χ4v) is 2.59. The lowest BCUT2D eigenvalue weighted by Gasteiger charge is -2.31. The first kappa shape index (κ1) is 14.5. The molecule has 2 unspecified atom stereocenters. The summed E-state index contributed by atoms with van der Waals surface area (Å²) in [6, 6.07) is 0.429. The molecule has 1 fully saturated rings. The van der Waals surface area contributed by atoms with E-state index in [2.05, 4.69) is 47.7 Å². The number of morpholine rings is 1. The Morgan fingerprint density at radius 2 is 2.32 bits per heavy atom. The van der Waals surface area contributed by atoms with Gasteiger partial charge in [0, 0.05) is 25.7 Å². The Kier molecular flexibility index (Phi) is 4.96. The standard InChI is InChI=1S/C14H26N4O/c1-11(2)13(9-17(3)4)18-10-16-7-12(18)14-8-15-5-6-19-14/h7,10-11,13-15H,5-6,8-9H2,1-4H3. The molecule has 0 saturated carbocycles. The lowest BCUT2D eigenvalue weighted by Crippen LogP contribution is -2.36. The molecule has 0 amide bonds. The van der Waals surface area contributed by atoms with E-state index in [1.165, 1.54) is 5.69 Å². The number of hydrogen-bond donors (Lipinski definition) is 1. The van der Waals surface area contributed by atoms with Crippen LogP contribution in [0.25, 0.3) is 0 Å². The Bertz CT molecular complexity index is 383. The third-order valence-electron chi connectivity index (χ3n) is 3.63. The van der Waals surface area contributed by atoms with E-state index < -0.39 is 0 Å². The zero-order chi connectivity index (χ0) is 13.8. The van der Waals surface area contributed by atoms with Gasteiger partial charge in [-0.1, -0.05) is 13.8 Å². The highest BCUT2D eigenvalue weighted by molar-refractivity contribution is 5.07. The fourth-order valence-electron chi connectivity index (χ4n) is 2.59. The van der Waals surface area contributed by atoms with Crippen molar-refractivity contribution in [1.82, 2.24) is 19.8 Å². The molecule has 0 aliphatic carbocycles. The van der Waals surface area contributed by atoms with Gasteiger partial charge in [-0.3, -0.25) is 0 Å². The van der Waals surface area contributed by atoms with Crippen LogP contribution in [0.1, 0.15) is 31.7 Å². The molecule has 108 valence electrons. The van der Waals surface area contributed by atoms with E-state index in [4.69, 9.17) is 4.74 Å². The van der Waals surface area contributed by atoms with Gasteiger partial charge in [0.25, 0.3) is 0 Å². The quantitative estimate of drug-likeness (QED) is 0.872. The van der Waals surface area contributed by atoms with Crippen LogP contribution in [0.15, 0.2) is 12.5 Å². The summed E-state index contributed by atoms with van der Waals surface area (Å²) >= 11 is 0. The smallest absolute Gasteiger partial charge is 0.111 e. The van der Waals surface area contributed by atoms with Crippen molar-refractivity contribution in [2.45, 2.75) is 26.0 Å². The Labute approximate surface area is 116 Å². The van der Waals surface area contributed by atoms with E-state index in [1.54, 1.807) is 0 Å². The molecule has 2 heterocycles. The molecule has 1 saturated heterocycles.